The highest BCUT2D eigenvalue weighted by Crippen LogP contribution is 2.38. The summed E-state index contributed by atoms with van der Waals surface area (Å²) in [7, 11) is 0. The first kappa shape index (κ1) is 26.3. The van der Waals surface area contributed by atoms with Crippen LogP contribution in [0.3, 0.4) is 0 Å². The third-order valence-electron chi connectivity index (χ3n) is 7.73. The molecule has 0 spiro atoms. The van der Waals surface area contributed by atoms with Crippen molar-refractivity contribution in [3.05, 3.63) is 108 Å². The zero-order valence-corrected chi connectivity index (χ0v) is 22.4. The molecule has 0 aliphatic carbocycles. The van der Waals surface area contributed by atoms with Gasteiger partial charge >= 0.3 is 5.97 Å². The number of pyridine rings is 1. The van der Waals surface area contributed by atoms with Gasteiger partial charge in [0.05, 0.1) is 12.1 Å². The summed E-state index contributed by atoms with van der Waals surface area (Å²) in [5.41, 5.74) is 5.84. The Morgan fingerprint density at radius 2 is 1.68 bits per heavy atom. The highest BCUT2D eigenvalue weighted by molar-refractivity contribution is 5.89. The molecule has 1 fully saturated rings. The molecule has 1 atom stereocenters. The molecular weight excluding hydrogens is 516 g/mol. The normalized spacial score (nSPS) is 15.7. The zero-order chi connectivity index (χ0) is 28.3. The summed E-state index contributed by atoms with van der Waals surface area (Å²) in [4.78, 5) is 36.3. The standard InChI is InChI=1S/C33H30N4O4/c38-31(37-16-15-36(30(21-37)33(40)41)20-23-5-2-1-3-6-23)17-22-9-11-24(12-10-22)26-7-4-8-27(32(26)39)29-18-25-19-34-14-13-28(25)35-29/h1-14,18-19,30,35,39H,15-17,20-21H2,(H,40,41). The van der Waals surface area contributed by atoms with Crippen LogP contribution in [0.4, 0.5) is 0 Å². The Morgan fingerprint density at radius 3 is 2.44 bits per heavy atom. The summed E-state index contributed by atoms with van der Waals surface area (Å²) < 4.78 is 0. The lowest BCUT2D eigenvalue weighted by Crippen LogP contribution is -2.57. The van der Waals surface area contributed by atoms with Crippen LogP contribution in [0.5, 0.6) is 5.75 Å². The number of piperazine rings is 1. The van der Waals surface area contributed by atoms with Gasteiger partial charge in [0.1, 0.15) is 11.8 Å². The van der Waals surface area contributed by atoms with Crippen molar-refractivity contribution in [1.82, 2.24) is 19.8 Å². The fourth-order valence-electron chi connectivity index (χ4n) is 5.49. The average Bonchev–Trinajstić information content (AvgIpc) is 3.42. The minimum absolute atomic E-state index is 0.0958. The number of amides is 1. The van der Waals surface area contributed by atoms with Crippen molar-refractivity contribution in [3.63, 3.8) is 0 Å². The lowest BCUT2D eigenvalue weighted by atomic mass is 9.98. The van der Waals surface area contributed by atoms with E-state index in [1.165, 1.54) is 0 Å². The Morgan fingerprint density at radius 1 is 0.902 bits per heavy atom. The number of phenols is 1. The van der Waals surface area contributed by atoms with Crippen LogP contribution in [0.2, 0.25) is 0 Å². The fourth-order valence-corrected chi connectivity index (χ4v) is 5.49. The average molecular weight is 547 g/mol. The van der Waals surface area contributed by atoms with Gasteiger partial charge in [0.2, 0.25) is 5.91 Å². The molecule has 2 aromatic heterocycles. The maximum Gasteiger partial charge on any atom is 0.322 e. The lowest BCUT2D eigenvalue weighted by molar-refractivity contribution is -0.148. The first-order valence-corrected chi connectivity index (χ1v) is 13.6. The van der Waals surface area contributed by atoms with Crippen molar-refractivity contribution in [2.75, 3.05) is 19.6 Å². The van der Waals surface area contributed by atoms with E-state index in [0.717, 1.165) is 33.3 Å². The first-order valence-electron chi connectivity index (χ1n) is 13.6. The van der Waals surface area contributed by atoms with Crippen molar-refractivity contribution >= 4 is 22.8 Å². The van der Waals surface area contributed by atoms with Crippen LogP contribution in [0.1, 0.15) is 11.1 Å². The SMILES string of the molecule is O=C(O)C1CN(C(=O)Cc2ccc(-c3cccc(-c4cc5cnccc5[nH]4)c3O)cc2)CCN1Cc1ccccc1. The van der Waals surface area contributed by atoms with Gasteiger partial charge in [-0.15, -0.1) is 0 Å². The first-order chi connectivity index (χ1) is 20.0. The molecule has 0 bridgehead atoms. The molecule has 3 aromatic carbocycles. The molecule has 1 aliphatic rings. The van der Waals surface area contributed by atoms with Crippen molar-refractivity contribution in [3.8, 4) is 28.1 Å². The molecule has 8 nitrogen and oxygen atoms in total. The Kier molecular flexibility index (Phi) is 7.22. The quantitative estimate of drug-likeness (QED) is 0.267. The number of nitrogens with zero attached hydrogens (tertiary/aromatic N) is 3. The number of aromatic nitrogens is 2. The summed E-state index contributed by atoms with van der Waals surface area (Å²) in [5.74, 6) is -0.848. The zero-order valence-electron chi connectivity index (χ0n) is 22.4. The van der Waals surface area contributed by atoms with Crippen molar-refractivity contribution in [1.29, 1.82) is 0 Å². The molecule has 5 aromatic rings. The topological polar surface area (TPSA) is 110 Å². The summed E-state index contributed by atoms with van der Waals surface area (Å²) >= 11 is 0. The maximum absolute atomic E-state index is 13.2. The molecular formula is C33H30N4O4. The second-order valence-electron chi connectivity index (χ2n) is 10.4. The number of para-hydroxylation sites is 1. The van der Waals surface area contributed by atoms with E-state index in [-0.39, 0.29) is 24.6 Å². The molecule has 1 unspecified atom stereocenters. The van der Waals surface area contributed by atoms with Gasteiger partial charge in [-0.05, 0) is 34.9 Å². The summed E-state index contributed by atoms with van der Waals surface area (Å²) in [6, 6.07) is 26.1. The minimum Gasteiger partial charge on any atom is -0.507 e. The molecule has 0 saturated carbocycles. The summed E-state index contributed by atoms with van der Waals surface area (Å²) in [5, 5.41) is 22.0. The van der Waals surface area contributed by atoms with Crippen LogP contribution in [-0.2, 0) is 22.6 Å². The predicted molar refractivity (Wildman–Crippen MR) is 157 cm³/mol. The number of carboxylic acid groups (broad SMARTS) is 1. The molecule has 1 amide bonds. The fraction of sp³-hybridized carbons (Fsp3) is 0.182. The molecule has 8 heteroatoms. The largest absolute Gasteiger partial charge is 0.507 e. The number of hydrogen-bond acceptors (Lipinski definition) is 5. The van der Waals surface area contributed by atoms with E-state index in [1.807, 2.05) is 89.8 Å². The number of H-pyrrole nitrogens is 1. The maximum atomic E-state index is 13.2. The van der Waals surface area contributed by atoms with Gasteiger partial charge in [-0.25, -0.2) is 0 Å². The summed E-state index contributed by atoms with van der Waals surface area (Å²) in [6.45, 7) is 1.67. The van der Waals surface area contributed by atoms with Gasteiger partial charge < -0.3 is 20.1 Å². The van der Waals surface area contributed by atoms with E-state index in [4.69, 9.17) is 0 Å². The molecule has 1 aliphatic heterocycles. The number of fused-ring (bicyclic) bond motifs is 1. The third-order valence-corrected chi connectivity index (χ3v) is 7.73. The lowest BCUT2D eigenvalue weighted by Gasteiger charge is -2.39. The third kappa shape index (κ3) is 5.55. The molecule has 6 rings (SSSR count). The van der Waals surface area contributed by atoms with E-state index in [2.05, 4.69) is 9.97 Å². The van der Waals surface area contributed by atoms with Crippen molar-refractivity contribution < 1.29 is 19.8 Å². The summed E-state index contributed by atoms with van der Waals surface area (Å²) in [6.07, 6.45) is 3.69. The number of hydrogen-bond donors (Lipinski definition) is 3. The van der Waals surface area contributed by atoms with Gasteiger partial charge in [0.25, 0.3) is 0 Å². The second kappa shape index (κ2) is 11.3. The Labute approximate surface area is 237 Å². The Hall–Kier alpha value is -4.95. The van der Waals surface area contributed by atoms with E-state index in [9.17, 15) is 19.8 Å². The number of aromatic amines is 1. The molecule has 206 valence electrons. The van der Waals surface area contributed by atoms with E-state index in [1.54, 1.807) is 17.3 Å². The van der Waals surface area contributed by atoms with Crippen molar-refractivity contribution in [2.45, 2.75) is 19.0 Å². The van der Waals surface area contributed by atoms with Gasteiger partial charge in [-0.2, -0.15) is 0 Å². The number of aliphatic carboxylic acids is 1. The minimum atomic E-state index is -0.922. The number of carboxylic acids is 1. The number of benzene rings is 3. The van der Waals surface area contributed by atoms with Gasteiger partial charge in [-0.1, -0.05) is 66.7 Å². The van der Waals surface area contributed by atoms with Crippen LogP contribution >= 0.6 is 0 Å². The highest BCUT2D eigenvalue weighted by atomic mass is 16.4. The molecule has 0 radical (unpaired) electrons. The number of carbonyl (C=O) groups is 2. The van der Waals surface area contributed by atoms with E-state index >= 15 is 0 Å². The van der Waals surface area contributed by atoms with Crippen LogP contribution in [0.15, 0.2) is 97.3 Å². The molecule has 3 N–H and O–H groups in total. The molecule has 41 heavy (non-hydrogen) atoms. The molecule has 3 heterocycles. The number of carbonyl (C=O) groups excluding carboxylic acids is 1. The molecule has 1 saturated heterocycles. The van der Waals surface area contributed by atoms with E-state index in [0.29, 0.717) is 30.8 Å². The van der Waals surface area contributed by atoms with Crippen LogP contribution in [-0.4, -0.2) is 67.5 Å². The predicted octanol–water partition coefficient (Wildman–Crippen LogP) is 4.94. The van der Waals surface area contributed by atoms with Gasteiger partial charge in [-0.3, -0.25) is 19.5 Å². The van der Waals surface area contributed by atoms with Crippen LogP contribution in [0.25, 0.3) is 33.3 Å². The Balaban J connectivity index is 1.14. The second-order valence-corrected chi connectivity index (χ2v) is 10.4. The van der Waals surface area contributed by atoms with Gasteiger partial charge in [0, 0.05) is 60.6 Å². The van der Waals surface area contributed by atoms with E-state index < -0.39 is 12.0 Å². The number of rotatable bonds is 7. The Bertz CT molecular complexity index is 1670. The van der Waals surface area contributed by atoms with Gasteiger partial charge in [0.15, 0.2) is 0 Å². The highest BCUT2D eigenvalue weighted by Gasteiger charge is 2.34. The smallest absolute Gasteiger partial charge is 0.322 e. The van der Waals surface area contributed by atoms with Crippen LogP contribution < -0.4 is 0 Å². The number of phenolic OH excluding ortho intramolecular Hbond substituents is 1. The van der Waals surface area contributed by atoms with Crippen LogP contribution in [0, 0.1) is 0 Å². The number of nitrogens with one attached hydrogen (secondary N) is 1. The van der Waals surface area contributed by atoms with Crippen molar-refractivity contribution in [2.24, 2.45) is 0 Å². The number of aromatic hydroxyl groups is 1. The monoisotopic (exact) mass is 546 g/mol.